The van der Waals surface area contributed by atoms with E-state index in [9.17, 15) is 18.0 Å². The maximum Gasteiger partial charge on any atom is 0.326 e. The van der Waals surface area contributed by atoms with Gasteiger partial charge in [0, 0.05) is 26.1 Å². The van der Waals surface area contributed by atoms with Gasteiger partial charge in [-0.25, -0.2) is 17.5 Å². The van der Waals surface area contributed by atoms with E-state index in [1.165, 1.54) is 9.21 Å². The number of rotatable bonds is 4. The van der Waals surface area contributed by atoms with Crippen LogP contribution in [0.5, 0.6) is 0 Å². The van der Waals surface area contributed by atoms with Gasteiger partial charge in [0.25, 0.3) is 0 Å². The lowest BCUT2D eigenvalue weighted by Crippen LogP contribution is -2.41. The van der Waals surface area contributed by atoms with Crippen LogP contribution in [0.15, 0.2) is 0 Å². The zero-order valence-corrected chi connectivity index (χ0v) is 11.4. The molecule has 108 valence electrons. The van der Waals surface area contributed by atoms with E-state index in [0.29, 0.717) is 32.4 Å². The summed E-state index contributed by atoms with van der Waals surface area (Å²) in [4.78, 5) is 24.3. The fourth-order valence-corrected chi connectivity index (χ4v) is 4.16. The standard InChI is InChI=1S/C11H18N2O5S/c14-10(13-6-1-3-9(13)11(15)16)4-7-12-5-2-8-19(12,17)18/h9H,1-8H2,(H,15,16)/t9-/m1/s1. The third-order valence-electron chi connectivity index (χ3n) is 3.64. The highest BCUT2D eigenvalue weighted by Crippen LogP contribution is 2.19. The van der Waals surface area contributed by atoms with Crippen molar-refractivity contribution < 1.29 is 23.1 Å². The first-order chi connectivity index (χ1) is 8.92. The smallest absolute Gasteiger partial charge is 0.326 e. The Kier molecular flexibility index (Phi) is 4.10. The number of nitrogens with zero attached hydrogens (tertiary/aromatic N) is 2. The minimum absolute atomic E-state index is 0.0585. The van der Waals surface area contributed by atoms with E-state index >= 15 is 0 Å². The van der Waals surface area contributed by atoms with Crippen molar-refractivity contribution in [2.75, 3.05) is 25.4 Å². The Morgan fingerprint density at radius 2 is 1.95 bits per heavy atom. The van der Waals surface area contributed by atoms with Crippen LogP contribution in [-0.4, -0.2) is 66.0 Å². The van der Waals surface area contributed by atoms with Gasteiger partial charge in [-0.3, -0.25) is 4.79 Å². The number of aliphatic carboxylic acids is 1. The minimum Gasteiger partial charge on any atom is -0.480 e. The molecule has 0 aliphatic carbocycles. The molecule has 0 saturated carbocycles. The van der Waals surface area contributed by atoms with Crippen LogP contribution < -0.4 is 0 Å². The maximum atomic E-state index is 12.0. The van der Waals surface area contributed by atoms with E-state index in [4.69, 9.17) is 5.11 Å². The first kappa shape index (κ1) is 14.3. The third-order valence-corrected chi connectivity index (χ3v) is 5.59. The van der Waals surface area contributed by atoms with E-state index in [1.807, 2.05) is 0 Å². The normalized spacial score (nSPS) is 26.7. The Morgan fingerprint density at radius 3 is 2.53 bits per heavy atom. The number of carboxylic acids is 1. The number of sulfonamides is 1. The Morgan fingerprint density at radius 1 is 1.21 bits per heavy atom. The average Bonchev–Trinajstić information content (AvgIpc) is 2.92. The van der Waals surface area contributed by atoms with Crippen molar-refractivity contribution >= 4 is 21.9 Å². The van der Waals surface area contributed by atoms with Crippen LogP contribution in [0.1, 0.15) is 25.7 Å². The molecule has 0 aromatic carbocycles. The van der Waals surface area contributed by atoms with E-state index in [1.54, 1.807) is 0 Å². The quantitative estimate of drug-likeness (QED) is 0.752. The summed E-state index contributed by atoms with van der Waals surface area (Å²) in [6, 6.07) is -0.748. The summed E-state index contributed by atoms with van der Waals surface area (Å²) in [6.45, 7) is 1.06. The zero-order chi connectivity index (χ0) is 14.0. The number of carbonyl (C=O) groups excluding carboxylic acids is 1. The van der Waals surface area contributed by atoms with Crippen molar-refractivity contribution in [3.63, 3.8) is 0 Å². The molecule has 2 fully saturated rings. The van der Waals surface area contributed by atoms with Crippen LogP contribution >= 0.6 is 0 Å². The van der Waals surface area contributed by atoms with Crippen molar-refractivity contribution in [1.82, 2.24) is 9.21 Å². The number of hydrogen-bond donors (Lipinski definition) is 1. The summed E-state index contributed by atoms with van der Waals surface area (Å²) in [5, 5.41) is 9.00. The number of hydrogen-bond acceptors (Lipinski definition) is 4. The summed E-state index contributed by atoms with van der Waals surface area (Å²) >= 11 is 0. The van der Waals surface area contributed by atoms with Crippen LogP contribution in [0.25, 0.3) is 0 Å². The molecule has 0 aromatic heterocycles. The molecule has 1 atom stereocenters. The molecular weight excluding hydrogens is 272 g/mol. The molecule has 0 spiro atoms. The highest BCUT2D eigenvalue weighted by molar-refractivity contribution is 7.89. The monoisotopic (exact) mass is 290 g/mol. The molecule has 8 heteroatoms. The van der Waals surface area contributed by atoms with Crippen LogP contribution in [0.2, 0.25) is 0 Å². The van der Waals surface area contributed by atoms with Gasteiger partial charge in [0.15, 0.2) is 0 Å². The highest BCUT2D eigenvalue weighted by Gasteiger charge is 2.35. The molecule has 2 aliphatic rings. The Labute approximate surface area is 112 Å². The zero-order valence-electron chi connectivity index (χ0n) is 10.6. The molecule has 0 radical (unpaired) electrons. The molecular formula is C11H18N2O5S. The largest absolute Gasteiger partial charge is 0.480 e. The van der Waals surface area contributed by atoms with Gasteiger partial charge in [-0.1, -0.05) is 0 Å². The molecule has 2 saturated heterocycles. The van der Waals surface area contributed by atoms with Gasteiger partial charge in [0.2, 0.25) is 15.9 Å². The Bertz CT molecular complexity index is 475. The Hall–Kier alpha value is -1.15. The minimum atomic E-state index is -3.19. The van der Waals surface area contributed by atoms with Crippen molar-refractivity contribution in [3.8, 4) is 0 Å². The molecule has 0 unspecified atom stereocenters. The van der Waals surface area contributed by atoms with Gasteiger partial charge in [0.05, 0.1) is 5.75 Å². The highest BCUT2D eigenvalue weighted by atomic mass is 32.2. The van der Waals surface area contributed by atoms with Crippen LogP contribution in [0.4, 0.5) is 0 Å². The van der Waals surface area contributed by atoms with Gasteiger partial charge < -0.3 is 10.0 Å². The van der Waals surface area contributed by atoms with Crippen LogP contribution in [0.3, 0.4) is 0 Å². The lowest BCUT2D eigenvalue weighted by molar-refractivity contribution is -0.148. The van der Waals surface area contributed by atoms with E-state index in [-0.39, 0.29) is 24.6 Å². The van der Waals surface area contributed by atoms with E-state index < -0.39 is 22.0 Å². The number of likely N-dealkylation sites (tertiary alicyclic amines) is 1. The molecule has 2 heterocycles. The predicted octanol–water partition coefficient (Wildman–Crippen LogP) is -0.512. The lowest BCUT2D eigenvalue weighted by atomic mass is 10.2. The number of amides is 1. The number of carboxylic acid groups (broad SMARTS) is 1. The van der Waals surface area contributed by atoms with Crippen LogP contribution in [-0.2, 0) is 19.6 Å². The van der Waals surface area contributed by atoms with Crippen molar-refractivity contribution in [2.24, 2.45) is 0 Å². The molecule has 0 aromatic rings. The Balaban J connectivity index is 1.89. The SMILES string of the molecule is O=C(O)[C@H]1CCCN1C(=O)CCN1CCCS1(=O)=O. The third kappa shape index (κ3) is 3.06. The van der Waals surface area contributed by atoms with Gasteiger partial charge in [0.1, 0.15) is 6.04 Å². The molecule has 1 amide bonds. The van der Waals surface area contributed by atoms with Crippen molar-refractivity contribution in [1.29, 1.82) is 0 Å². The van der Waals surface area contributed by atoms with Gasteiger partial charge in [-0.15, -0.1) is 0 Å². The average molecular weight is 290 g/mol. The summed E-state index contributed by atoms with van der Waals surface area (Å²) in [5.74, 6) is -1.12. The number of carbonyl (C=O) groups is 2. The van der Waals surface area contributed by atoms with Crippen molar-refractivity contribution in [2.45, 2.75) is 31.7 Å². The fraction of sp³-hybridized carbons (Fsp3) is 0.818. The first-order valence-electron chi connectivity index (χ1n) is 6.42. The first-order valence-corrected chi connectivity index (χ1v) is 8.03. The summed E-state index contributed by atoms with van der Waals surface area (Å²) in [5.41, 5.74) is 0. The molecule has 2 aliphatic heterocycles. The molecule has 1 N–H and O–H groups in total. The van der Waals surface area contributed by atoms with Crippen molar-refractivity contribution in [3.05, 3.63) is 0 Å². The second kappa shape index (κ2) is 5.46. The lowest BCUT2D eigenvalue weighted by Gasteiger charge is -2.22. The topological polar surface area (TPSA) is 95.0 Å². The fourth-order valence-electron chi connectivity index (χ4n) is 2.63. The van der Waals surface area contributed by atoms with Gasteiger partial charge in [-0.2, -0.15) is 0 Å². The predicted molar refractivity (Wildman–Crippen MR) is 67.0 cm³/mol. The van der Waals surface area contributed by atoms with E-state index in [0.717, 1.165) is 0 Å². The van der Waals surface area contributed by atoms with E-state index in [2.05, 4.69) is 0 Å². The summed E-state index contributed by atoms with van der Waals surface area (Å²) in [7, 11) is -3.19. The van der Waals surface area contributed by atoms with Gasteiger partial charge in [-0.05, 0) is 19.3 Å². The van der Waals surface area contributed by atoms with Gasteiger partial charge >= 0.3 is 5.97 Å². The molecule has 7 nitrogen and oxygen atoms in total. The second-order valence-electron chi connectivity index (χ2n) is 4.90. The molecule has 0 bridgehead atoms. The summed E-state index contributed by atoms with van der Waals surface area (Å²) < 4.78 is 24.5. The summed E-state index contributed by atoms with van der Waals surface area (Å²) in [6.07, 6.45) is 1.81. The maximum absolute atomic E-state index is 12.0. The molecule has 2 rings (SSSR count). The molecule has 19 heavy (non-hydrogen) atoms. The van der Waals surface area contributed by atoms with Crippen LogP contribution in [0, 0.1) is 0 Å². The second-order valence-corrected chi connectivity index (χ2v) is 6.99.